The summed E-state index contributed by atoms with van der Waals surface area (Å²) < 4.78 is 11.1. The molecule has 0 heterocycles. The van der Waals surface area contributed by atoms with Crippen molar-refractivity contribution in [2.75, 3.05) is 20.3 Å². The van der Waals surface area contributed by atoms with Crippen LogP contribution in [0.3, 0.4) is 0 Å². The molecule has 0 saturated heterocycles. The van der Waals surface area contributed by atoms with Crippen molar-refractivity contribution in [3.05, 3.63) is 36.4 Å². The molecule has 0 bridgehead atoms. The average molecular weight is 263 g/mol. The number of hydrogen-bond donors (Lipinski definition) is 1. The number of ether oxygens (including phenoxy) is 2. The Bertz CT molecular complexity index is 390. The van der Waals surface area contributed by atoms with E-state index in [2.05, 4.69) is 31.8 Å². The van der Waals surface area contributed by atoms with Crippen LogP contribution < -0.4 is 14.8 Å². The Hall–Kier alpha value is -1.48. The van der Waals surface area contributed by atoms with Crippen LogP contribution in [0, 0.1) is 0 Å². The number of benzene rings is 1. The average Bonchev–Trinajstić information content (AvgIpc) is 2.44. The summed E-state index contributed by atoms with van der Waals surface area (Å²) in [6.07, 6.45) is 3.85. The molecule has 0 saturated carbocycles. The van der Waals surface area contributed by atoms with E-state index in [1.807, 2.05) is 18.2 Å². The van der Waals surface area contributed by atoms with Crippen molar-refractivity contribution in [1.82, 2.24) is 5.32 Å². The van der Waals surface area contributed by atoms with E-state index in [0.717, 1.165) is 30.9 Å². The maximum Gasteiger partial charge on any atom is 0.161 e. The van der Waals surface area contributed by atoms with Crippen LogP contribution in [-0.4, -0.2) is 20.3 Å². The highest BCUT2D eigenvalue weighted by Crippen LogP contribution is 2.30. The van der Waals surface area contributed by atoms with Gasteiger partial charge >= 0.3 is 0 Å². The molecule has 1 rings (SSSR count). The third-order valence-electron chi connectivity index (χ3n) is 3.01. The van der Waals surface area contributed by atoms with E-state index in [4.69, 9.17) is 9.47 Å². The first-order valence-corrected chi connectivity index (χ1v) is 6.88. The summed E-state index contributed by atoms with van der Waals surface area (Å²) in [7, 11) is 1.67. The minimum atomic E-state index is 0.314. The lowest BCUT2D eigenvalue weighted by molar-refractivity contribution is 0.290. The third-order valence-corrected chi connectivity index (χ3v) is 3.01. The van der Waals surface area contributed by atoms with Gasteiger partial charge in [-0.1, -0.05) is 19.1 Å². The number of hydrogen-bond acceptors (Lipinski definition) is 3. The summed E-state index contributed by atoms with van der Waals surface area (Å²) in [5, 5.41) is 3.39. The number of methoxy groups -OCH3 is 1. The second-order valence-corrected chi connectivity index (χ2v) is 4.47. The molecule has 0 spiro atoms. The quantitative estimate of drug-likeness (QED) is 0.544. The second kappa shape index (κ2) is 8.59. The Balaban J connectivity index is 2.69. The number of unbranched alkanes of at least 4 members (excludes halogenated alkanes) is 1. The van der Waals surface area contributed by atoms with Crippen LogP contribution in [0.4, 0.5) is 0 Å². The first-order valence-electron chi connectivity index (χ1n) is 6.88. The molecule has 1 atom stereocenters. The Morgan fingerprint density at radius 3 is 2.79 bits per heavy atom. The number of nitrogens with one attached hydrogen (secondary N) is 1. The predicted octanol–water partition coefficient (Wildman–Crippen LogP) is 3.71. The van der Waals surface area contributed by atoms with Crippen LogP contribution in [-0.2, 0) is 0 Å². The van der Waals surface area contributed by atoms with Crippen LogP contribution in [0.2, 0.25) is 0 Å². The maximum atomic E-state index is 5.73. The van der Waals surface area contributed by atoms with Gasteiger partial charge in [0, 0.05) is 6.04 Å². The van der Waals surface area contributed by atoms with E-state index < -0.39 is 0 Å². The summed E-state index contributed by atoms with van der Waals surface area (Å²) in [6.45, 7) is 9.58. The molecular formula is C16H25NO2. The molecule has 0 aliphatic rings. The molecule has 1 N–H and O–H groups in total. The Morgan fingerprint density at radius 1 is 1.37 bits per heavy atom. The van der Waals surface area contributed by atoms with Crippen molar-refractivity contribution in [1.29, 1.82) is 0 Å². The van der Waals surface area contributed by atoms with Crippen molar-refractivity contribution in [2.24, 2.45) is 0 Å². The first-order chi connectivity index (χ1) is 9.22. The smallest absolute Gasteiger partial charge is 0.161 e. The van der Waals surface area contributed by atoms with Gasteiger partial charge in [0.1, 0.15) is 0 Å². The molecule has 0 aromatic heterocycles. The molecule has 0 aliphatic heterocycles. The molecule has 1 unspecified atom stereocenters. The highest BCUT2D eigenvalue weighted by Gasteiger charge is 2.09. The Morgan fingerprint density at radius 2 is 2.16 bits per heavy atom. The van der Waals surface area contributed by atoms with E-state index in [9.17, 15) is 0 Å². The molecule has 0 amide bonds. The lowest BCUT2D eigenvalue weighted by Crippen LogP contribution is -2.17. The van der Waals surface area contributed by atoms with Crippen molar-refractivity contribution in [3.63, 3.8) is 0 Å². The molecule has 106 valence electrons. The minimum absolute atomic E-state index is 0.314. The predicted molar refractivity (Wildman–Crippen MR) is 80.0 cm³/mol. The third kappa shape index (κ3) is 4.95. The van der Waals surface area contributed by atoms with Gasteiger partial charge in [0.2, 0.25) is 0 Å². The Kier molecular flexibility index (Phi) is 7.04. The molecule has 1 aromatic carbocycles. The van der Waals surface area contributed by atoms with Crippen molar-refractivity contribution < 1.29 is 9.47 Å². The van der Waals surface area contributed by atoms with Gasteiger partial charge in [-0.3, -0.25) is 0 Å². The van der Waals surface area contributed by atoms with Crippen LogP contribution in [0.25, 0.3) is 0 Å². The van der Waals surface area contributed by atoms with Gasteiger partial charge in [-0.2, -0.15) is 0 Å². The van der Waals surface area contributed by atoms with E-state index in [1.54, 1.807) is 7.11 Å². The number of allylic oxidation sites excluding steroid dienone is 1. The summed E-state index contributed by atoms with van der Waals surface area (Å²) in [5.74, 6) is 1.60. The molecule has 0 aliphatic carbocycles. The zero-order valence-electron chi connectivity index (χ0n) is 12.2. The molecule has 19 heavy (non-hydrogen) atoms. The largest absolute Gasteiger partial charge is 0.493 e. The van der Waals surface area contributed by atoms with E-state index in [0.29, 0.717) is 12.6 Å². The van der Waals surface area contributed by atoms with Crippen LogP contribution in [0.5, 0.6) is 11.5 Å². The highest BCUT2D eigenvalue weighted by molar-refractivity contribution is 5.43. The van der Waals surface area contributed by atoms with Crippen molar-refractivity contribution in [3.8, 4) is 11.5 Å². The van der Waals surface area contributed by atoms with Gasteiger partial charge < -0.3 is 14.8 Å². The summed E-state index contributed by atoms with van der Waals surface area (Å²) in [4.78, 5) is 0. The fraction of sp³-hybridized carbons (Fsp3) is 0.500. The van der Waals surface area contributed by atoms with Gasteiger partial charge in [-0.05, 0) is 44.0 Å². The van der Waals surface area contributed by atoms with Gasteiger partial charge in [-0.25, -0.2) is 0 Å². The van der Waals surface area contributed by atoms with Crippen LogP contribution in [0.15, 0.2) is 30.9 Å². The Labute approximate surface area is 116 Å². The highest BCUT2D eigenvalue weighted by atomic mass is 16.5. The molecule has 3 nitrogen and oxygen atoms in total. The fourth-order valence-electron chi connectivity index (χ4n) is 1.91. The monoisotopic (exact) mass is 263 g/mol. The molecule has 0 fully saturated rings. The standard InChI is InChI=1S/C16H25NO2/c1-5-7-8-11-19-15-10-9-14(12-16(15)18-4)13(3)17-6-2/h5,9-10,12-13,17H,1,6-8,11H2,2-4H3. The maximum absolute atomic E-state index is 5.73. The van der Waals surface area contributed by atoms with Gasteiger partial charge in [-0.15, -0.1) is 6.58 Å². The first kappa shape index (κ1) is 15.6. The van der Waals surface area contributed by atoms with Gasteiger partial charge in [0.15, 0.2) is 11.5 Å². The number of rotatable bonds is 9. The van der Waals surface area contributed by atoms with E-state index in [-0.39, 0.29) is 0 Å². The summed E-state index contributed by atoms with van der Waals surface area (Å²) in [5.41, 5.74) is 1.21. The van der Waals surface area contributed by atoms with E-state index >= 15 is 0 Å². The summed E-state index contributed by atoms with van der Waals surface area (Å²) >= 11 is 0. The SMILES string of the molecule is C=CCCCOc1ccc(C(C)NCC)cc1OC. The fourth-order valence-corrected chi connectivity index (χ4v) is 1.91. The molecule has 1 aromatic rings. The molecule has 3 heteroatoms. The van der Waals surface area contributed by atoms with Gasteiger partial charge in [0.05, 0.1) is 13.7 Å². The van der Waals surface area contributed by atoms with Gasteiger partial charge in [0.25, 0.3) is 0 Å². The van der Waals surface area contributed by atoms with Crippen molar-refractivity contribution in [2.45, 2.75) is 32.7 Å². The zero-order valence-corrected chi connectivity index (χ0v) is 12.2. The lowest BCUT2D eigenvalue weighted by Gasteiger charge is -2.16. The molecular weight excluding hydrogens is 238 g/mol. The van der Waals surface area contributed by atoms with Crippen molar-refractivity contribution >= 4 is 0 Å². The zero-order chi connectivity index (χ0) is 14.1. The molecule has 0 radical (unpaired) electrons. The topological polar surface area (TPSA) is 30.5 Å². The lowest BCUT2D eigenvalue weighted by atomic mass is 10.1. The minimum Gasteiger partial charge on any atom is -0.493 e. The van der Waals surface area contributed by atoms with E-state index in [1.165, 1.54) is 5.56 Å². The van der Waals surface area contributed by atoms with Crippen LogP contribution >= 0.6 is 0 Å². The summed E-state index contributed by atoms with van der Waals surface area (Å²) in [6, 6.07) is 6.42. The normalized spacial score (nSPS) is 11.9. The van der Waals surface area contributed by atoms with Crippen LogP contribution in [0.1, 0.15) is 38.3 Å². The second-order valence-electron chi connectivity index (χ2n) is 4.47.